The van der Waals surface area contributed by atoms with Gasteiger partial charge in [0.2, 0.25) is 5.95 Å². The lowest BCUT2D eigenvalue weighted by molar-refractivity contribution is -0.384. The fourth-order valence-electron chi connectivity index (χ4n) is 3.12. The van der Waals surface area contributed by atoms with Crippen LogP contribution in [0.2, 0.25) is 10.0 Å². The molecule has 1 N–H and O–H groups in total. The molecule has 0 amide bonds. The maximum Gasteiger partial charge on any atom is 0.288 e. The third-order valence-corrected chi connectivity index (χ3v) is 5.58. The van der Waals surface area contributed by atoms with Crippen LogP contribution in [0.4, 0.5) is 11.6 Å². The Kier molecular flexibility index (Phi) is 6.39. The van der Waals surface area contributed by atoms with E-state index >= 15 is 0 Å². The van der Waals surface area contributed by atoms with Crippen LogP contribution in [0.3, 0.4) is 0 Å². The van der Waals surface area contributed by atoms with E-state index in [0.29, 0.717) is 17.4 Å². The number of carbonyl (C=O) groups excluding carboxylic acids is 1. The summed E-state index contributed by atoms with van der Waals surface area (Å²) in [5.41, 5.74) is 2.27. The fourth-order valence-corrected chi connectivity index (χ4v) is 3.51. The Morgan fingerprint density at radius 3 is 2.48 bits per heavy atom. The highest BCUT2D eigenvalue weighted by molar-refractivity contribution is 6.32. The van der Waals surface area contributed by atoms with Gasteiger partial charge in [0.1, 0.15) is 5.02 Å². The molecule has 0 saturated carbocycles. The van der Waals surface area contributed by atoms with E-state index in [1.165, 1.54) is 12.1 Å². The molecular weight excluding hydrogens is 465 g/mol. The molecule has 0 bridgehead atoms. The number of carbonyl (C=O) groups is 1. The molecule has 0 saturated heterocycles. The summed E-state index contributed by atoms with van der Waals surface area (Å²) >= 11 is 12.1. The lowest BCUT2D eigenvalue weighted by Gasteiger charge is -2.08. The molecule has 4 aromatic rings. The number of benzene rings is 3. The Morgan fingerprint density at radius 2 is 1.79 bits per heavy atom. The van der Waals surface area contributed by atoms with Crippen LogP contribution in [0.25, 0.3) is 11.4 Å². The van der Waals surface area contributed by atoms with Crippen LogP contribution < -0.4 is 5.32 Å². The molecule has 0 spiro atoms. The van der Waals surface area contributed by atoms with Crippen LogP contribution in [0.5, 0.6) is 0 Å². The highest BCUT2D eigenvalue weighted by Gasteiger charge is 2.22. The molecule has 166 valence electrons. The minimum absolute atomic E-state index is 0.0484. The zero-order valence-electron chi connectivity index (χ0n) is 17.3. The zero-order valence-corrected chi connectivity index (χ0v) is 18.8. The number of nitro groups is 1. The van der Waals surface area contributed by atoms with Gasteiger partial charge in [-0.2, -0.15) is 9.67 Å². The van der Waals surface area contributed by atoms with Gasteiger partial charge in [-0.05, 0) is 30.7 Å². The predicted molar refractivity (Wildman–Crippen MR) is 127 cm³/mol. The highest BCUT2D eigenvalue weighted by Crippen LogP contribution is 2.27. The number of anilines is 1. The monoisotopic (exact) mass is 481 g/mol. The lowest BCUT2D eigenvalue weighted by Crippen LogP contribution is -2.18. The van der Waals surface area contributed by atoms with Gasteiger partial charge in [0, 0.05) is 28.8 Å². The third-order valence-electron chi connectivity index (χ3n) is 4.89. The third kappa shape index (κ3) is 4.87. The van der Waals surface area contributed by atoms with Gasteiger partial charge in [-0.3, -0.25) is 14.9 Å². The van der Waals surface area contributed by atoms with Crippen molar-refractivity contribution in [2.24, 2.45) is 0 Å². The summed E-state index contributed by atoms with van der Waals surface area (Å²) in [6.45, 7) is 2.25. The number of hydrogen-bond acceptors (Lipinski definition) is 6. The van der Waals surface area contributed by atoms with Gasteiger partial charge in [-0.25, -0.2) is 0 Å². The van der Waals surface area contributed by atoms with Gasteiger partial charge in [-0.15, -0.1) is 5.10 Å². The highest BCUT2D eigenvalue weighted by atomic mass is 35.5. The maximum atomic E-state index is 13.3. The van der Waals surface area contributed by atoms with E-state index in [4.69, 9.17) is 23.2 Å². The van der Waals surface area contributed by atoms with Gasteiger partial charge in [0.05, 0.1) is 4.92 Å². The Labute approximate surface area is 198 Å². The molecule has 8 nitrogen and oxygen atoms in total. The standard InChI is InChI=1S/C23H17Cl2N5O3/c1-14-6-8-15(9-7-14)21-27-23(26-13-17-4-2-3-5-18(17)24)29(28-21)22(31)16-10-11-19(25)20(12-16)30(32)33/h2-12H,13H2,1H3,(H,26,27,28). The number of halogens is 2. The second-order valence-electron chi connectivity index (χ2n) is 7.21. The zero-order chi connectivity index (χ0) is 23.5. The molecule has 1 aromatic heterocycles. The first kappa shape index (κ1) is 22.4. The predicted octanol–water partition coefficient (Wildman–Crippen LogP) is 5.77. The average Bonchev–Trinajstić information content (AvgIpc) is 3.23. The Morgan fingerprint density at radius 1 is 1.06 bits per heavy atom. The van der Waals surface area contributed by atoms with E-state index in [0.717, 1.165) is 27.4 Å². The minimum atomic E-state index is -0.644. The van der Waals surface area contributed by atoms with Crippen LogP contribution in [-0.2, 0) is 6.54 Å². The van der Waals surface area contributed by atoms with Crippen molar-refractivity contribution in [3.05, 3.63) is 104 Å². The summed E-state index contributed by atoms with van der Waals surface area (Å²) < 4.78 is 1.08. The number of rotatable bonds is 6. The number of nitrogens with zero attached hydrogens (tertiary/aromatic N) is 4. The molecule has 0 aliphatic carbocycles. The summed E-state index contributed by atoms with van der Waals surface area (Å²) in [4.78, 5) is 28.4. The number of nitro benzene ring substituents is 1. The Balaban J connectivity index is 1.74. The summed E-state index contributed by atoms with van der Waals surface area (Å²) in [6, 6.07) is 18.6. The minimum Gasteiger partial charge on any atom is -0.350 e. The largest absolute Gasteiger partial charge is 0.350 e. The first-order valence-corrected chi connectivity index (χ1v) is 10.6. The number of nitrogens with one attached hydrogen (secondary N) is 1. The fraction of sp³-hybridized carbons (Fsp3) is 0.0870. The van der Waals surface area contributed by atoms with Gasteiger partial charge in [0.15, 0.2) is 5.82 Å². The summed E-state index contributed by atoms with van der Waals surface area (Å²) in [7, 11) is 0. The first-order valence-electron chi connectivity index (χ1n) is 9.83. The molecular formula is C23H17Cl2N5O3. The van der Waals surface area contributed by atoms with Crippen molar-refractivity contribution >= 4 is 40.7 Å². The topological polar surface area (TPSA) is 103 Å². The van der Waals surface area contributed by atoms with Crippen molar-refractivity contribution in [3.8, 4) is 11.4 Å². The molecule has 10 heteroatoms. The molecule has 0 unspecified atom stereocenters. The van der Waals surface area contributed by atoms with E-state index in [1.807, 2.05) is 49.4 Å². The lowest BCUT2D eigenvalue weighted by atomic mass is 10.1. The maximum absolute atomic E-state index is 13.3. The second-order valence-corrected chi connectivity index (χ2v) is 8.02. The first-order chi connectivity index (χ1) is 15.8. The van der Waals surface area contributed by atoms with Crippen LogP contribution in [0.1, 0.15) is 21.5 Å². The van der Waals surface area contributed by atoms with E-state index < -0.39 is 10.8 Å². The van der Waals surface area contributed by atoms with Crippen LogP contribution in [0.15, 0.2) is 66.7 Å². The van der Waals surface area contributed by atoms with E-state index in [2.05, 4.69) is 15.4 Å². The summed E-state index contributed by atoms with van der Waals surface area (Å²) in [6.07, 6.45) is 0. The van der Waals surface area contributed by atoms with Crippen molar-refractivity contribution in [1.29, 1.82) is 0 Å². The van der Waals surface area contributed by atoms with Gasteiger partial charge >= 0.3 is 0 Å². The quantitative estimate of drug-likeness (QED) is 0.277. The van der Waals surface area contributed by atoms with Gasteiger partial charge < -0.3 is 5.32 Å². The molecule has 0 radical (unpaired) electrons. The molecule has 33 heavy (non-hydrogen) atoms. The van der Waals surface area contributed by atoms with Crippen molar-refractivity contribution in [3.63, 3.8) is 0 Å². The molecule has 0 aliphatic heterocycles. The number of hydrogen-bond donors (Lipinski definition) is 1. The van der Waals surface area contributed by atoms with Crippen LogP contribution >= 0.6 is 23.2 Å². The molecule has 4 rings (SSSR count). The van der Waals surface area contributed by atoms with Crippen molar-refractivity contribution < 1.29 is 9.72 Å². The summed E-state index contributed by atoms with van der Waals surface area (Å²) in [5.74, 6) is -0.0937. The second kappa shape index (κ2) is 9.40. The van der Waals surface area contributed by atoms with Crippen molar-refractivity contribution in [1.82, 2.24) is 14.8 Å². The normalized spacial score (nSPS) is 10.8. The van der Waals surface area contributed by atoms with E-state index in [-0.39, 0.29) is 22.2 Å². The number of aryl methyl sites for hydroxylation is 1. The van der Waals surface area contributed by atoms with E-state index in [1.54, 1.807) is 6.07 Å². The molecule has 0 aliphatic rings. The van der Waals surface area contributed by atoms with E-state index in [9.17, 15) is 14.9 Å². The smallest absolute Gasteiger partial charge is 0.288 e. The SMILES string of the molecule is Cc1ccc(-c2nc(NCc3ccccc3Cl)n(C(=O)c3ccc(Cl)c([N+](=O)[O-])c3)n2)cc1. The molecule has 0 fully saturated rings. The Bertz CT molecular complexity index is 1350. The summed E-state index contributed by atoms with van der Waals surface area (Å²) in [5, 5.41) is 19.2. The van der Waals surface area contributed by atoms with Gasteiger partial charge in [0.25, 0.3) is 11.6 Å². The average molecular weight is 482 g/mol. The van der Waals surface area contributed by atoms with Crippen LogP contribution in [-0.4, -0.2) is 25.6 Å². The number of aromatic nitrogens is 3. The molecule has 3 aromatic carbocycles. The molecule has 0 atom stereocenters. The Hall–Kier alpha value is -3.75. The van der Waals surface area contributed by atoms with Crippen molar-refractivity contribution in [2.75, 3.05) is 5.32 Å². The van der Waals surface area contributed by atoms with Crippen LogP contribution in [0, 0.1) is 17.0 Å². The molecule has 1 heterocycles. The van der Waals surface area contributed by atoms with Crippen molar-refractivity contribution in [2.45, 2.75) is 13.5 Å². The van der Waals surface area contributed by atoms with Gasteiger partial charge in [-0.1, -0.05) is 71.2 Å².